The number of aryl methyl sites for hydroxylation is 1. The number of fused-ring (bicyclic) bond motifs is 2. The number of pyridine rings is 1. The van der Waals surface area contributed by atoms with E-state index in [4.69, 9.17) is 9.72 Å². The predicted molar refractivity (Wildman–Crippen MR) is 185 cm³/mol. The monoisotopic (exact) mass is 646 g/mol. The molecule has 2 aromatic heterocycles. The number of benzene rings is 2. The van der Waals surface area contributed by atoms with Gasteiger partial charge in [0.25, 0.3) is 0 Å². The van der Waals surface area contributed by atoms with Crippen molar-refractivity contribution in [3.63, 3.8) is 0 Å². The number of hydrogen-bond acceptors (Lipinski definition) is 5. The molecule has 0 unspecified atom stereocenters. The minimum Gasteiger partial charge on any atom is -0.550 e. The van der Waals surface area contributed by atoms with Crippen LogP contribution in [0.3, 0.4) is 0 Å². The third-order valence-corrected chi connectivity index (χ3v) is 7.13. The molecule has 4 rings (SSSR count). The van der Waals surface area contributed by atoms with Gasteiger partial charge in [-0.05, 0) is 57.5 Å². The number of hydrogen-bond donors (Lipinski definition) is 0. The normalized spacial score (nSPS) is 10.6. The number of carboxylic acid groups (broad SMARTS) is 1. The van der Waals surface area contributed by atoms with Crippen LogP contribution in [0.4, 0.5) is 0 Å². The van der Waals surface area contributed by atoms with Crippen molar-refractivity contribution < 1.29 is 44.2 Å². The molecule has 0 aliphatic heterocycles. The van der Waals surface area contributed by atoms with Gasteiger partial charge in [0.2, 0.25) is 0 Å². The number of ether oxygens (including phenoxy) is 1. The van der Waals surface area contributed by atoms with Gasteiger partial charge < -0.3 is 19.2 Å². The van der Waals surface area contributed by atoms with Gasteiger partial charge in [0.15, 0.2) is 0 Å². The molecular weight excluding hydrogens is 599 g/mol. The van der Waals surface area contributed by atoms with Gasteiger partial charge in [0.1, 0.15) is 12.4 Å². The summed E-state index contributed by atoms with van der Waals surface area (Å²) in [6.45, 7) is 23.0. The zero-order chi connectivity index (χ0) is 33.0. The van der Waals surface area contributed by atoms with Crippen molar-refractivity contribution in [1.29, 1.82) is 0 Å². The molecule has 5 nitrogen and oxygen atoms in total. The second kappa shape index (κ2) is 19.3. The minimum atomic E-state index is -1.05. The number of para-hydroxylation sites is 1. The molecule has 44 heavy (non-hydrogen) atoms. The first-order valence-corrected chi connectivity index (χ1v) is 15.7. The summed E-state index contributed by atoms with van der Waals surface area (Å²) in [7, 11) is 2.00. The standard InChI is InChI=1S/C28H32N2O3S.C4H8.C3H6.CH3Cl.Na/c1-27(2,3)34-25-21-15-20(33-17-19-12-11-18-9-7-8-10-22(18)29-19)13-14-23(21)30(6)24(25)16-28(4,5)26(31)32;1-4(2)3;1-3-2;1-2;/h7-15H,16-17H2,1-6H3,(H,31,32);1H2,2-3H3;3H,1H2,2H3;1H3;/q;;;;+1/p-1. The summed E-state index contributed by atoms with van der Waals surface area (Å²) in [5, 5.41) is 13.9. The van der Waals surface area contributed by atoms with Crippen molar-refractivity contribution in [2.24, 2.45) is 12.5 Å². The van der Waals surface area contributed by atoms with Crippen LogP contribution in [0.15, 0.2) is 84.3 Å². The zero-order valence-corrected chi connectivity index (χ0v) is 32.1. The van der Waals surface area contributed by atoms with Gasteiger partial charge in [0.05, 0.1) is 11.2 Å². The van der Waals surface area contributed by atoms with Gasteiger partial charge in [-0.3, -0.25) is 0 Å². The van der Waals surface area contributed by atoms with E-state index in [1.54, 1.807) is 31.7 Å². The molecule has 8 heteroatoms. The van der Waals surface area contributed by atoms with Gasteiger partial charge in [-0.1, -0.05) is 70.5 Å². The molecule has 0 spiro atoms. The van der Waals surface area contributed by atoms with Crippen LogP contribution in [0.5, 0.6) is 5.75 Å². The number of thioether (sulfide) groups is 1. The van der Waals surface area contributed by atoms with Crippen LogP contribution in [0.2, 0.25) is 0 Å². The van der Waals surface area contributed by atoms with Crippen LogP contribution in [0, 0.1) is 5.41 Å². The summed E-state index contributed by atoms with van der Waals surface area (Å²) in [5.41, 5.74) is 4.06. The molecule has 0 atom stereocenters. The van der Waals surface area contributed by atoms with Gasteiger partial charge in [0, 0.05) is 56.4 Å². The van der Waals surface area contributed by atoms with E-state index in [0.717, 1.165) is 43.8 Å². The molecule has 0 aliphatic carbocycles. The van der Waals surface area contributed by atoms with Crippen LogP contribution in [-0.4, -0.2) is 26.7 Å². The molecule has 4 aromatic rings. The Balaban J connectivity index is 0.00000165. The Morgan fingerprint density at radius 3 is 2.18 bits per heavy atom. The van der Waals surface area contributed by atoms with E-state index in [9.17, 15) is 9.90 Å². The second-order valence-electron chi connectivity index (χ2n) is 12.0. The van der Waals surface area contributed by atoms with Gasteiger partial charge in [-0.2, -0.15) is 0 Å². The van der Waals surface area contributed by atoms with Crippen LogP contribution in [0.25, 0.3) is 21.8 Å². The maximum absolute atomic E-state index is 11.8. The van der Waals surface area contributed by atoms with E-state index >= 15 is 0 Å². The SMILES string of the molecule is C=C(C)C.C=CC.CCl.Cn1c(CC(C)(C)C(=O)[O-])c(SC(C)(C)C)c2cc(OCc3ccc4ccccc4n3)ccc21.[Na+]. The summed E-state index contributed by atoms with van der Waals surface area (Å²) in [6, 6.07) is 18.1. The second-order valence-corrected chi connectivity index (χ2v) is 13.8. The first-order chi connectivity index (χ1) is 20.1. The number of rotatable bonds is 7. The van der Waals surface area contributed by atoms with Crippen molar-refractivity contribution in [1.82, 2.24) is 9.55 Å². The van der Waals surface area contributed by atoms with Gasteiger partial charge in [-0.15, -0.1) is 36.5 Å². The Bertz CT molecular complexity index is 1520. The Hall–Kier alpha value is -2.22. The van der Waals surface area contributed by atoms with E-state index < -0.39 is 11.4 Å². The number of nitrogens with zero attached hydrogens (tertiary/aromatic N) is 2. The Morgan fingerprint density at radius 1 is 1.07 bits per heavy atom. The van der Waals surface area contributed by atoms with E-state index in [0.29, 0.717) is 13.0 Å². The summed E-state index contributed by atoms with van der Waals surface area (Å²) in [6.07, 6.45) is 3.61. The van der Waals surface area contributed by atoms with Crippen molar-refractivity contribution in [2.75, 3.05) is 6.38 Å². The number of aliphatic carboxylic acids is 1. The number of halogens is 1. The molecule has 234 valence electrons. The number of alkyl halides is 1. The minimum absolute atomic E-state index is 0. The van der Waals surface area contributed by atoms with Crippen LogP contribution < -0.4 is 39.4 Å². The maximum Gasteiger partial charge on any atom is 1.00 e. The Kier molecular flexibility index (Phi) is 18.4. The van der Waals surface area contributed by atoms with E-state index in [2.05, 4.69) is 62.2 Å². The predicted octanol–water partition coefficient (Wildman–Crippen LogP) is 6.15. The summed E-state index contributed by atoms with van der Waals surface area (Å²) in [5.74, 6) is -0.286. The molecule has 0 aliphatic rings. The smallest absolute Gasteiger partial charge is 0.550 e. The number of carbonyl (C=O) groups is 1. The molecule has 2 heterocycles. The van der Waals surface area contributed by atoms with E-state index in [1.807, 2.05) is 70.3 Å². The quantitative estimate of drug-likeness (QED) is 0.104. The summed E-state index contributed by atoms with van der Waals surface area (Å²) < 4.78 is 8.20. The molecule has 2 aromatic carbocycles. The van der Waals surface area contributed by atoms with Gasteiger partial charge >= 0.3 is 29.6 Å². The topological polar surface area (TPSA) is 67.2 Å². The molecule has 0 bridgehead atoms. The molecule has 0 N–H and O–H groups in total. The Labute approximate surface area is 296 Å². The molecule has 0 amide bonds. The van der Waals surface area contributed by atoms with Crippen molar-refractivity contribution in [3.8, 4) is 5.75 Å². The number of aromatic nitrogens is 2. The average molecular weight is 647 g/mol. The van der Waals surface area contributed by atoms with Crippen molar-refractivity contribution in [2.45, 2.75) is 78.1 Å². The number of allylic oxidation sites excluding steroid dienone is 2. The van der Waals surface area contributed by atoms with Gasteiger partial charge in [-0.25, -0.2) is 4.98 Å². The van der Waals surface area contributed by atoms with Crippen LogP contribution in [0.1, 0.15) is 66.8 Å². The molecule has 0 saturated carbocycles. The summed E-state index contributed by atoms with van der Waals surface area (Å²) in [4.78, 5) is 17.5. The molecular formula is C36H48ClN2NaO3S. The summed E-state index contributed by atoms with van der Waals surface area (Å²) >= 11 is 6.39. The maximum atomic E-state index is 11.8. The largest absolute Gasteiger partial charge is 1.00 e. The molecule has 0 fully saturated rings. The van der Waals surface area contributed by atoms with E-state index in [1.165, 1.54) is 12.0 Å². The van der Waals surface area contributed by atoms with Crippen LogP contribution >= 0.6 is 23.4 Å². The number of carboxylic acids is 1. The average Bonchev–Trinajstić information content (AvgIpc) is 3.17. The molecule has 0 saturated heterocycles. The Morgan fingerprint density at radius 2 is 1.64 bits per heavy atom. The molecule has 0 radical (unpaired) electrons. The fraction of sp³-hybridized carbons (Fsp3) is 0.389. The van der Waals surface area contributed by atoms with Crippen molar-refractivity contribution in [3.05, 3.63) is 90.8 Å². The third-order valence-electron chi connectivity index (χ3n) is 5.85. The number of carbonyl (C=O) groups excluding carboxylic acids is 1. The van der Waals surface area contributed by atoms with E-state index in [-0.39, 0.29) is 34.3 Å². The fourth-order valence-corrected chi connectivity index (χ4v) is 5.20. The first kappa shape index (κ1) is 41.8. The third kappa shape index (κ3) is 13.0. The van der Waals surface area contributed by atoms with Crippen molar-refractivity contribution >= 4 is 51.1 Å². The zero-order valence-electron chi connectivity index (χ0n) is 28.5. The first-order valence-electron chi connectivity index (χ1n) is 14.2. The van der Waals surface area contributed by atoms with Crippen LogP contribution in [-0.2, 0) is 24.9 Å². The fourth-order valence-electron chi connectivity index (χ4n) is 3.99.